The van der Waals surface area contributed by atoms with E-state index in [0.29, 0.717) is 32.1 Å². The molecule has 7 N–H and O–H groups in total. The van der Waals surface area contributed by atoms with Gasteiger partial charge in [0.25, 0.3) is 0 Å². The number of phosphoric acid groups is 1. The number of ether oxygens (including phenoxy) is 2. The number of allylic oxidation sites excluding steroid dienone is 14. The fraction of sp³-hybridized carbons (Fsp3) is 0.633. The van der Waals surface area contributed by atoms with Crippen LogP contribution in [0.25, 0.3) is 0 Å². The van der Waals surface area contributed by atoms with Crippen LogP contribution in [0.5, 0.6) is 0 Å². The molecule has 0 spiro atoms. The summed E-state index contributed by atoms with van der Waals surface area (Å²) in [5, 5.41) is 60.2. The first-order valence-corrected chi connectivity index (χ1v) is 24.6. The van der Waals surface area contributed by atoms with Gasteiger partial charge >= 0.3 is 19.8 Å². The number of carbonyl (C=O) groups is 2. The van der Waals surface area contributed by atoms with Crippen LogP contribution in [0.15, 0.2) is 97.2 Å². The van der Waals surface area contributed by atoms with Gasteiger partial charge in [0.1, 0.15) is 43.2 Å². The van der Waals surface area contributed by atoms with Crippen molar-refractivity contribution >= 4 is 19.8 Å². The van der Waals surface area contributed by atoms with E-state index >= 15 is 0 Å². The molecule has 9 atom stereocenters. The van der Waals surface area contributed by atoms with Crippen LogP contribution in [0.4, 0.5) is 0 Å². The third-order valence-corrected chi connectivity index (χ3v) is 11.0. The first-order chi connectivity index (χ1) is 30.8. The first kappa shape index (κ1) is 58.7. The minimum Gasteiger partial charge on any atom is -0.462 e. The molecule has 1 aliphatic carbocycles. The molecule has 15 heteroatoms. The molecule has 1 saturated carbocycles. The van der Waals surface area contributed by atoms with Crippen molar-refractivity contribution in [3.63, 3.8) is 0 Å². The fourth-order valence-corrected chi connectivity index (χ4v) is 7.21. The van der Waals surface area contributed by atoms with Crippen LogP contribution in [0.1, 0.15) is 136 Å². The summed E-state index contributed by atoms with van der Waals surface area (Å²) in [5.41, 5.74) is 0. The molecule has 0 amide bonds. The molecule has 0 saturated heterocycles. The maximum absolute atomic E-state index is 12.8. The van der Waals surface area contributed by atoms with Crippen molar-refractivity contribution in [1.82, 2.24) is 0 Å². The highest BCUT2D eigenvalue weighted by molar-refractivity contribution is 7.47. The van der Waals surface area contributed by atoms with Gasteiger partial charge in [-0.3, -0.25) is 18.6 Å². The van der Waals surface area contributed by atoms with E-state index in [1.54, 1.807) is 12.2 Å². The van der Waals surface area contributed by atoms with Gasteiger partial charge in [-0.25, -0.2) is 4.57 Å². The van der Waals surface area contributed by atoms with Crippen LogP contribution in [0.3, 0.4) is 0 Å². The minimum absolute atomic E-state index is 0.0404. The summed E-state index contributed by atoms with van der Waals surface area (Å²) >= 11 is 0. The summed E-state index contributed by atoms with van der Waals surface area (Å²) < 4.78 is 33.4. The Bertz CT molecular complexity index is 1500. The van der Waals surface area contributed by atoms with Crippen molar-refractivity contribution in [2.75, 3.05) is 13.2 Å². The van der Waals surface area contributed by atoms with Gasteiger partial charge in [0.2, 0.25) is 0 Å². The molecule has 64 heavy (non-hydrogen) atoms. The molecular formula is C49H79O14P. The molecule has 0 radical (unpaired) electrons. The van der Waals surface area contributed by atoms with Crippen LogP contribution < -0.4 is 0 Å². The summed E-state index contributed by atoms with van der Waals surface area (Å²) in [6.45, 7) is 3.00. The number of hydrogen-bond donors (Lipinski definition) is 7. The average molecular weight is 923 g/mol. The van der Waals surface area contributed by atoms with Crippen LogP contribution >= 0.6 is 7.82 Å². The second-order valence-electron chi connectivity index (χ2n) is 15.7. The van der Waals surface area contributed by atoms with E-state index in [2.05, 4.69) is 62.5 Å². The number of unbranched alkanes of at least 4 members (excludes halogenated alkanes) is 8. The van der Waals surface area contributed by atoms with Crippen LogP contribution in [-0.2, 0) is 32.7 Å². The molecule has 4 unspecified atom stereocenters. The molecule has 364 valence electrons. The van der Waals surface area contributed by atoms with Crippen molar-refractivity contribution in [2.45, 2.75) is 185 Å². The van der Waals surface area contributed by atoms with E-state index in [1.807, 2.05) is 36.5 Å². The van der Waals surface area contributed by atoms with Gasteiger partial charge in [-0.05, 0) is 83.5 Å². The lowest BCUT2D eigenvalue weighted by molar-refractivity contribution is -0.220. The number of phosphoric ester groups is 1. The van der Waals surface area contributed by atoms with E-state index in [-0.39, 0.29) is 12.8 Å². The molecule has 0 aromatic carbocycles. The van der Waals surface area contributed by atoms with Gasteiger partial charge in [-0.2, -0.15) is 0 Å². The largest absolute Gasteiger partial charge is 0.472 e. The molecule has 0 heterocycles. The molecule has 0 aliphatic heterocycles. The zero-order chi connectivity index (χ0) is 47.3. The van der Waals surface area contributed by atoms with Crippen molar-refractivity contribution < 1.29 is 68.2 Å². The standard InChI is InChI=1S/C49H79O14P/c1-3-5-7-9-11-12-13-14-15-16-17-18-19-20-25-29-33-37-43(52)62-41(39-61-64(58,59)63-49-47(56)45(54)44(53)46(55)48(49)57)38-60-42(51)36-32-28-24-22-21-23-27-31-35-40(50)34-30-26-10-8-6-4-2/h6,8,11-12,14-15,17-18,22-24,26-27,30-31,35,40-41,44-50,53-57H,3-5,7,9-10,13,16,19-21,25,28-29,32-34,36-39H2,1-2H3,(H,58,59)/b8-6-,12-11-,15-14-,18-17-,24-22-,27-23-,30-26-,35-31+/t40?,41-,44?,45-,46+,47-,48-,49?/m1/s1. The van der Waals surface area contributed by atoms with E-state index in [9.17, 15) is 49.7 Å². The maximum atomic E-state index is 12.8. The van der Waals surface area contributed by atoms with Gasteiger partial charge in [0.15, 0.2) is 6.10 Å². The molecular weight excluding hydrogens is 843 g/mol. The quantitative estimate of drug-likeness (QED) is 0.0104. The normalized spacial score (nSPS) is 23.0. The van der Waals surface area contributed by atoms with Crippen molar-refractivity contribution in [2.24, 2.45) is 0 Å². The Kier molecular flexibility index (Phi) is 34.8. The topological polar surface area (TPSA) is 230 Å². The number of rotatable bonds is 36. The van der Waals surface area contributed by atoms with Gasteiger partial charge in [0.05, 0.1) is 12.7 Å². The van der Waals surface area contributed by atoms with E-state index in [0.717, 1.165) is 57.8 Å². The molecule has 0 aromatic rings. The van der Waals surface area contributed by atoms with Crippen LogP contribution in [0.2, 0.25) is 0 Å². The lowest BCUT2D eigenvalue weighted by Crippen LogP contribution is -2.64. The SMILES string of the molecule is CC/C=C\C/C=C\CC(O)/C=C/C=C\C/C=C\CCCC(=O)OC[C@H](COP(=O)(O)OC1[C@H](O)[C@H](O)C(O)[C@H](O)[C@H]1O)OC(=O)CCCCCC/C=C\C/C=C\C/C=C\CCCCC. The second kappa shape index (κ2) is 37.9. The van der Waals surface area contributed by atoms with E-state index in [1.165, 1.54) is 19.3 Å². The third kappa shape index (κ3) is 30.0. The molecule has 0 aromatic heterocycles. The predicted molar refractivity (Wildman–Crippen MR) is 250 cm³/mol. The zero-order valence-electron chi connectivity index (χ0n) is 38.1. The van der Waals surface area contributed by atoms with Gasteiger partial charge in [0, 0.05) is 12.8 Å². The lowest BCUT2D eigenvalue weighted by Gasteiger charge is -2.41. The van der Waals surface area contributed by atoms with Crippen molar-refractivity contribution in [3.8, 4) is 0 Å². The van der Waals surface area contributed by atoms with Gasteiger partial charge in [-0.15, -0.1) is 0 Å². The number of carbonyl (C=O) groups excluding carboxylic acids is 2. The Balaban J connectivity index is 2.56. The van der Waals surface area contributed by atoms with Crippen molar-refractivity contribution in [3.05, 3.63) is 97.2 Å². The predicted octanol–water partition coefficient (Wildman–Crippen LogP) is 8.02. The molecule has 0 bridgehead atoms. The summed E-state index contributed by atoms with van der Waals surface area (Å²) in [6, 6.07) is 0. The number of aliphatic hydroxyl groups excluding tert-OH is 6. The highest BCUT2D eigenvalue weighted by Crippen LogP contribution is 2.47. The molecule has 14 nitrogen and oxygen atoms in total. The minimum atomic E-state index is -5.16. The molecule has 1 fully saturated rings. The third-order valence-electron chi connectivity index (χ3n) is 9.99. The Morgan fingerprint density at radius 2 is 1.09 bits per heavy atom. The molecule has 1 rings (SSSR count). The number of hydrogen-bond acceptors (Lipinski definition) is 13. The lowest BCUT2D eigenvalue weighted by atomic mass is 9.85. The fourth-order valence-electron chi connectivity index (χ4n) is 6.24. The highest BCUT2D eigenvalue weighted by Gasteiger charge is 2.51. The van der Waals surface area contributed by atoms with Gasteiger partial charge in [-0.1, -0.05) is 137 Å². The number of esters is 2. The van der Waals surface area contributed by atoms with Gasteiger partial charge < -0.3 is 45.0 Å². The second-order valence-corrected chi connectivity index (χ2v) is 17.1. The van der Waals surface area contributed by atoms with E-state index < -0.39 is 81.8 Å². The summed E-state index contributed by atoms with van der Waals surface area (Å²) in [4.78, 5) is 35.7. The Morgan fingerprint density at radius 1 is 0.578 bits per heavy atom. The first-order valence-electron chi connectivity index (χ1n) is 23.1. The summed E-state index contributed by atoms with van der Waals surface area (Å²) in [5.74, 6) is -1.24. The zero-order valence-corrected chi connectivity index (χ0v) is 39.0. The maximum Gasteiger partial charge on any atom is 0.472 e. The Labute approximate surface area is 382 Å². The highest BCUT2D eigenvalue weighted by atomic mass is 31.2. The molecule has 1 aliphatic rings. The summed E-state index contributed by atoms with van der Waals surface area (Å²) in [7, 11) is -5.16. The Hall–Kier alpha value is -3.27. The average Bonchev–Trinajstić information content (AvgIpc) is 3.27. The smallest absolute Gasteiger partial charge is 0.462 e. The van der Waals surface area contributed by atoms with Crippen molar-refractivity contribution in [1.29, 1.82) is 0 Å². The van der Waals surface area contributed by atoms with E-state index in [4.69, 9.17) is 18.5 Å². The number of aliphatic hydroxyl groups is 6. The summed E-state index contributed by atoms with van der Waals surface area (Å²) in [6.07, 6.45) is 33.4. The Morgan fingerprint density at radius 3 is 1.72 bits per heavy atom. The monoisotopic (exact) mass is 923 g/mol. The van der Waals surface area contributed by atoms with Crippen LogP contribution in [0, 0.1) is 0 Å². The van der Waals surface area contributed by atoms with Crippen LogP contribution in [-0.4, -0.2) is 110 Å².